The number of aliphatic imine (C=N–C) groups is 1. The summed E-state index contributed by atoms with van der Waals surface area (Å²) in [6.07, 6.45) is 2.35. The first-order valence-electron chi connectivity index (χ1n) is 10.8. The summed E-state index contributed by atoms with van der Waals surface area (Å²) in [4.78, 5) is 6.77. The SMILES string of the molecule is Cc1ccc(-n2nc(CCCN=C(N)NCCCN3CCOCC3)c(C#N)c2N)cc1.I. The minimum Gasteiger partial charge on any atom is -0.382 e. The monoisotopic (exact) mass is 552 g/mol. The number of aromatic nitrogens is 2. The Morgan fingerprint density at radius 1 is 1.25 bits per heavy atom. The van der Waals surface area contributed by atoms with Crippen molar-refractivity contribution in [2.75, 3.05) is 51.7 Å². The summed E-state index contributed by atoms with van der Waals surface area (Å²) < 4.78 is 6.98. The van der Waals surface area contributed by atoms with Crippen LogP contribution in [0.2, 0.25) is 0 Å². The summed E-state index contributed by atoms with van der Waals surface area (Å²) >= 11 is 0. The van der Waals surface area contributed by atoms with Gasteiger partial charge in [-0.15, -0.1) is 24.0 Å². The zero-order valence-corrected chi connectivity index (χ0v) is 20.9. The van der Waals surface area contributed by atoms with E-state index in [-0.39, 0.29) is 24.0 Å². The molecule has 0 saturated carbocycles. The minimum absolute atomic E-state index is 0. The number of nitriles is 1. The molecule has 1 saturated heterocycles. The van der Waals surface area contributed by atoms with Crippen LogP contribution in [0, 0.1) is 18.3 Å². The maximum atomic E-state index is 9.51. The van der Waals surface area contributed by atoms with Crippen molar-refractivity contribution in [3.63, 3.8) is 0 Å². The zero-order chi connectivity index (χ0) is 22.1. The van der Waals surface area contributed by atoms with Crippen molar-refractivity contribution in [2.45, 2.75) is 26.2 Å². The summed E-state index contributed by atoms with van der Waals surface area (Å²) in [7, 11) is 0. The van der Waals surface area contributed by atoms with Crippen LogP contribution in [-0.2, 0) is 11.2 Å². The Morgan fingerprint density at radius 3 is 2.66 bits per heavy atom. The molecule has 1 fully saturated rings. The molecule has 0 radical (unpaired) electrons. The van der Waals surface area contributed by atoms with Gasteiger partial charge in [-0.25, -0.2) is 4.68 Å². The molecule has 9 nitrogen and oxygen atoms in total. The number of halogens is 1. The Kier molecular flexibility index (Phi) is 10.7. The lowest BCUT2D eigenvalue weighted by Gasteiger charge is -2.26. The molecule has 2 heterocycles. The molecule has 10 heteroatoms. The number of anilines is 1. The molecule has 5 N–H and O–H groups in total. The highest BCUT2D eigenvalue weighted by atomic mass is 127. The van der Waals surface area contributed by atoms with E-state index in [1.807, 2.05) is 31.2 Å². The number of morpholine rings is 1. The van der Waals surface area contributed by atoms with Crippen LogP contribution in [0.3, 0.4) is 0 Å². The molecule has 0 amide bonds. The molecule has 0 aliphatic carbocycles. The van der Waals surface area contributed by atoms with Gasteiger partial charge in [0.25, 0.3) is 0 Å². The molecule has 0 atom stereocenters. The standard InChI is InChI=1S/C22H32N8O.HI/c1-17-5-7-18(8-6-17)30-21(24)19(16-23)20(28-30)4-2-9-26-22(25)27-10-3-11-29-12-14-31-15-13-29;/h5-8H,2-4,9-15,24H2,1H3,(H3,25,26,27);1H. The van der Waals surface area contributed by atoms with Gasteiger partial charge in [0.2, 0.25) is 0 Å². The zero-order valence-electron chi connectivity index (χ0n) is 18.6. The molecule has 1 aromatic carbocycles. The molecule has 1 aliphatic rings. The molecule has 174 valence electrons. The highest BCUT2D eigenvalue weighted by Crippen LogP contribution is 2.21. The number of aryl methyl sites for hydroxylation is 2. The number of nitrogens with zero attached hydrogens (tertiary/aromatic N) is 5. The van der Waals surface area contributed by atoms with E-state index >= 15 is 0 Å². The number of benzene rings is 1. The molecule has 32 heavy (non-hydrogen) atoms. The Hall–Kier alpha value is -2.36. The summed E-state index contributed by atoms with van der Waals surface area (Å²) in [5.41, 5.74) is 15.2. The Morgan fingerprint density at radius 2 is 1.97 bits per heavy atom. The number of nitrogen functional groups attached to an aromatic ring is 1. The van der Waals surface area contributed by atoms with Crippen molar-refractivity contribution in [1.29, 1.82) is 5.26 Å². The quantitative estimate of drug-likeness (QED) is 0.187. The van der Waals surface area contributed by atoms with Gasteiger partial charge in [-0.1, -0.05) is 17.7 Å². The Labute approximate surface area is 206 Å². The van der Waals surface area contributed by atoms with Gasteiger partial charge in [-0.3, -0.25) is 9.89 Å². The lowest BCUT2D eigenvalue weighted by Crippen LogP contribution is -2.39. The van der Waals surface area contributed by atoms with E-state index in [1.54, 1.807) is 4.68 Å². The smallest absolute Gasteiger partial charge is 0.188 e. The predicted molar refractivity (Wildman–Crippen MR) is 138 cm³/mol. The van der Waals surface area contributed by atoms with Crippen LogP contribution in [0.15, 0.2) is 29.3 Å². The van der Waals surface area contributed by atoms with Gasteiger partial charge < -0.3 is 21.5 Å². The Balaban J connectivity index is 0.00000363. The van der Waals surface area contributed by atoms with Crippen LogP contribution in [0.5, 0.6) is 0 Å². The van der Waals surface area contributed by atoms with E-state index in [2.05, 4.69) is 26.4 Å². The predicted octanol–water partition coefficient (Wildman–Crippen LogP) is 1.81. The number of hydrogen-bond acceptors (Lipinski definition) is 6. The van der Waals surface area contributed by atoms with Crippen molar-refractivity contribution in [3.8, 4) is 11.8 Å². The molecule has 1 aliphatic heterocycles. The minimum atomic E-state index is 0. The number of nitrogens with one attached hydrogen (secondary N) is 1. The van der Waals surface area contributed by atoms with Gasteiger partial charge in [0, 0.05) is 26.2 Å². The highest BCUT2D eigenvalue weighted by Gasteiger charge is 2.16. The summed E-state index contributed by atoms with van der Waals surface area (Å²) in [6, 6.07) is 10.1. The second kappa shape index (κ2) is 13.2. The van der Waals surface area contributed by atoms with E-state index in [0.29, 0.717) is 36.0 Å². The topological polar surface area (TPSA) is 131 Å². The average Bonchev–Trinajstić information content (AvgIpc) is 3.10. The molecule has 0 spiro atoms. The molecular formula is C22H33IN8O. The van der Waals surface area contributed by atoms with E-state index in [4.69, 9.17) is 16.2 Å². The maximum Gasteiger partial charge on any atom is 0.188 e. The fraction of sp³-hybridized carbons (Fsp3) is 0.500. The van der Waals surface area contributed by atoms with Gasteiger partial charge in [0.05, 0.1) is 24.6 Å². The first-order chi connectivity index (χ1) is 15.1. The van der Waals surface area contributed by atoms with Crippen LogP contribution in [0.25, 0.3) is 5.69 Å². The lowest BCUT2D eigenvalue weighted by atomic mass is 10.1. The number of nitrogens with two attached hydrogens (primary N) is 2. The first-order valence-corrected chi connectivity index (χ1v) is 10.8. The van der Waals surface area contributed by atoms with E-state index in [1.165, 1.54) is 0 Å². The Bertz CT molecular complexity index is 913. The van der Waals surface area contributed by atoms with Crippen molar-refractivity contribution < 1.29 is 4.74 Å². The number of rotatable bonds is 9. The summed E-state index contributed by atoms with van der Waals surface area (Å²) in [5.74, 6) is 0.818. The highest BCUT2D eigenvalue weighted by molar-refractivity contribution is 14.0. The first kappa shape index (κ1) is 25.9. The summed E-state index contributed by atoms with van der Waals surface area (Å²) in [6.45, 7) is 8.04. The molecule has 2 aromatic rings. The van der Waals surface area contributed by atoms with Crippen molar-refractivity contribution in [3.05, 3.63) is 41.1 Å². The molecule has 0 unspecified atom stereocenters. The van der Waals surface area contributed by atoms with E-state index < -0.39 is 0 Å². The van der Waals surface area contributed by atoms with Crippen LogP contribution in [0.1, 0.15) is 29.7 Å². The van der Waals surface area contributed by atoms with E-state index in [9.17, 15) is 5.26 Å². The third-order valence-electron chi connectivity index (χ3n) is 5.30. The fourth-order valence-corrected chi connectivity index (χ4v) is 3.50. The average molecular weight is 552 g/mol. The van der Waals surface area contributed by atoms with Gasteiger partial charge in [-0.2, -0.15) is 10.4 Å². The maximum absolute atomic E-state index is 9.51. The number of guanidine groups is 1. The molecule has 1 aromatic heterocycles. The third-order valence-corrected chi connectivity index (χ3v) is 5.30. The van der Waals surface area contributed by atoms with Crippen LogP contribution < -0.4 is 16.8 Å². The second-order valence-electron chi connectivity index (χ2n) is 7.67. The lowest BCUT2D eigenvalue weighted by molar-refractivity contribution is 0.0376. The normalized spacial score (nSPS) is 14.6. The van der Waals surface area contributed by atoms with Gasteiger partial charge in [0.1, 0.15) is 17.5 Å². The molecule has 0 bridgehead atoms. The molecule has 3 rings (SSSR count). The number of hydrogen-bond donors (Lipinski definition) is 3. The summed E-state index contributed by atoms with van der Waals surface area (Å²) in [5, 5.41) is 17.2. The largest absolute Gasteiger partial charge is 0.382 e. The third kappa shape index (κ3) is 7.36. The van der Waals surface area contributed by atoms with Crippen LogP contribution in [0.4, 0.5) is 5.82 Å². The van der Waals surface area contributed by atoms with E-state index in [0.717, 1.165) is 63.5 Å². The fourth-order valence-electron chi connectivity index (χ4n) is 3.50. The van der Waals surface area contributed by atoms with Gasteiger partial charge in [0.15, 0.2) is 5.96 Å². The van der Waals surface area contributed by atoms with Crippen LogP contribution >= 0.6 is 24.0 Å². The van der Waals surface area contributed by atoms with Gasteiger partial charge >= 0.3 is 0 Å². The second-order valence-corrected chi connectivity index (χ2v) is 7.67. The van der Waals surface area contributed by atoms with Crippen molar-refractivity contribution in [2.24, 2.45) is 10.7 Å². The van der Waals surface area contributed by atoms with Gasteiger partial charge in [-0.05, 0) is 44.9 Å². The number of ether oxygens (including phenoxy) is 1. The molecular weight excluding hydrogens is 519 g/mol. The van der Waals surface area contributed by atoms with Crippen molar-refractivity contribution >= 4 is 35.8 Å². The van der Waals surface area contributed by atoms with Crippen molar-refractivity contribution in [1.82, 2.24) is 20.0 Å². The van der Waals surface area contributed by atoms with Crippen LogP contribution in [-0.4, -0.2) is 66.6 Å².